The normalized spacial score (nSPS) is 9.31. The number of aryl methyl sites for hydroxylation is 1. The molecule has 0 fully saturated rings. The maximum atomic E-state index is 11.4. The van der Waals surface area contributed by atoms with Crippen LogP contribution in [0.2, 0.25) is 0 Å². The minimum atomic E-state index is -0.146. The minimum Gasteiger partial charge on any atom is -0.349 e. The average Bonchev–Trinajstić information content (AvgIpc) is 2.15. The molecule has 0 unspecified atom stereocenters. The van der Waals surface area contributed by atoms with E-state index in [1.54, 1.807) is 19.1 Å². The molecule has 4 heteroatoms. The predicted molar refractivity (Wildman–Crippen MR) is 49.3 cm³/mol. The molecule has 1 heterocycles. The van der Waals surface area contributed by atoms with E-state index in [1.807, 2.05) is 0 Å². The lowest BCUT2D eigenvalue weighted by molar-refractivity contribution is 0.0957. The summed E-state index contributed by atoms with van der Waals surface area (Å²) in [6.07, 6.45) is 3.12. The quantitative estimate of drug-likeness (QED) is 0.691. The van der Waals surface area contributed by atoms with Crippen LogP contribution in [0.25, 0.3) is 0 Å². The molecule has 0 atom stereocenters. The van der Waals surface area contributed by atoms with E-state index in [-0.39, 0.29) is 5.91 Å². The molecule has 4 nitrogen and oxygen atoms in total. The summed E-state index contributed by atoms with van der Waals surface area (Å²) in [6, 6.07) is 1.64. The van der Waals surface area contributed by atoms with Gasteiger partial charge in [-0.15, -0.1) is 6.58 Å². The zero-order chi connectivity index (χ0) is 9.68. The molecule has 0 aliphatic rings. The smallest absolute Gasteiger partial charge is 0.253 e. The van der Waals surface area contributed by atoms with Crippen LogP contribution in [-0.2, 0) is 0 Å². The summed E-state index contributed by atoms with van der Waals surface area (Å²) in [7, 11) is 0. The van der Waals surface area contributed by atoms with Crippen molar-refractivity contribution in [3.8, 4) is 0 Å². The van der Waals surface area contributed by atoms with Gasteiger partial charge in [0, 0.05) is 6.54 Å². The van der Waals surface area contributed by atoms with Crippen molar-refractivity contribution in [2.75, 3.05) is 6.54 Å². The largest absolute Gasteiger partial charge is 0.349 e. The van der Waals surface area contributed by atoms with E-state index in [9.17, 15) is 4.79 Å². The van der Waals surface area contributed by atoms with Crippen LogP contribution >= 0.6 is 0 Å². The molecule has 0 aliphatic carbocycles. The molecular weight excluding hydrogens is 166 g/mol. The Balaban J connectivity index is 2.76. The van der Waals surface area contributed by atoms with Crippen LogP contribution in [0, 0.1) is 6.92 Å². The summed E-state index contributed by atoms with van der Waals surface area (Å²) in [5.41, 5.74) is 1.18. The molecule has 13 heavy (non-hydrogen) atoms. The number of hydrogen-bond donors (Lipinski definition) is 1. The van der Waals surface area contributed by atoms with Gasteiger partial charge in [-0.1, -0.05) is 6.08 Å². The van der Waals surface area contributed by atoms with Crippen LogP contribution in [0.1, 0.15) is 16.1 Å². The van der Waals surface area contributed by atoms with Gasteiger partial charge in [0.05, 0.1) is 17.5 Å². The molecule has 0 radical (unpaired) electrons. The van der Waals surface area contributed by atoms with Gasteiger partial charge in [0.1, 0.15) is 0 Å². The number of nitrogens with one attached hydrogen (secondary N) is 1. The van der Waals surface area contributed by atoms with E-state index in [0.29, 0.717) is 17.8 Å². The average molecular weight is 177 g/mol. The van der Waals surface area contributed by atoms with Gasteiger partial charge < -0.3 is 5.32 Å². The lowest BCUT2D eigenvalue weighted by atomic mass is 10.2. The van der Waals surface area contributed by atoms with Crippen molar-refractivity contribution in [2.45, 2.75) is 6.92 Å². The maximum absolute atomic E-state index is 11.4. The van der Waals surface area contributed by atoms with Crippen LogP contribution in [0.4, 0.5) is 0 Å². The fourth-order valence-corrected chi connectivity index (χ4v) is 0.902. The van der Waals surface area contributed by atoms with Crippen molar-refractivity contribution in [1.29, 1.82) is 0 Å². The highest BCUT2D eigenvalue weighted by Gasteiger charge is 2.07. The van der Waals surface area contributed by atoms with Crippen molar-refractivity contribution < 1.29 is 4.79 Å². The molecule has 0 aliphatic heterocycles. The van der Waals surface area contributed by atoms with E-state index in [0.717, 1.165) is 0 Å². The summed E-state index contributed by atoms with van der Waals surface area (Å²) in [4.78, 5) is 11.4. The van der Waals surface area contributed by atoms with E-state index in [2.05, 4.69) is 22.1 Å². The zero-order valence-electron chi connectivity index (χ0n) is 7.45. The fraction of sp³-hybridized carbons (Fsp3) is 0.222. The standard InChI is InChI=1S/C9H11N3O/c1-3-5-10-9(13)8-4-6-11-12-7(8)2/h3-4,6H,1,5H2,2H3,(H,10,13). The highest BCUT2D eigenvalue weighted by molar-refractivity contribution is 5.95. The number of aromatic nitrogens is 2. The molecule has 1 rings (SSSR count). The Hall–Kier alpha value is -1.71. The SMILES string of the molecule is C=CCNC(=O)c1ccnnc1C. The van der Waals surface area contributed by atoms with Gasteiger partial charge in [0.25, 0.3) is 5.91 Å². The summed E-state index contributed by atoms with van der Waals surface area (Å²) < 4.78 is 0. The first-order valence-electron chi connectivity index (χ1n) is 3.93. The van der Waals surface area contributed by atoms with Crippen molar-refractivity contribution >= 4 is 5.91 Å². The number of carbonyl (C=O) groups excluding carboxylic acids is 1. The number of carbonyl (C=O) groups is 1. The van der Waals surface area contributed by atoms with Crippen molar-refractivity contribution in [3.63, 3.8) is 0 Å². The van der Waals surface area contributed by atoms with Gasteiger partial charge in [0.15, 0.2) is 0 Å². The minimum absolute atomic E-state index is 0.146. The molecule has 0 bridgehead atoms. The second-order valence-corrected chi connectivity index (χ2v) is 2.53. The predicted octanol–water partition coefficient (Wildman–Crippen LogP) is 0.701. The molecule has 1 aromatic rings. The number of nitrogens with zero attached hydrogens (tertiary/aromatic N) is 2. The third kappa shape index (κ3) is 2.37. The lowest BCUT2D eigenvalue weighted by Crippen LogP contribution is -2.24. The first kappa shape index (κ1) is 9.38. The zero-order valence-corrected chi connectivity index (χ0v) is 7.45. The third-order valence-electron chi connectivity index (χ3n) is 1.56. The van der Waals surface area contributed by atoms with Gasteiger partial charge in [-0.3, -0.25) is 4.79 Å². The summed E-state index contributed by atoms with van der Waals surface area (Å²) in [5, 5.41) is 10.1. The van der Waals surface area contributed by atoms with Crippen LogP contribution < -0.4 is 5.32 Å². The monoisotopic (exact) mass is 177 g/mol. The Morgan fingerprint density at radius 2 is 2.54 bits per heavy atom. The van der Waals surface area contributed by atoms with Crippen molar-refractivity contribution in [2.24, 2.45) is 0 Å². The van der Waals surface area contributed by atoms with Gasteiger partial charge in [0.2, 0.25) is 0 Å². The molecule has 0 spiro atoms. The van der Waals surface area contributed by atoms with E-state index in [4.69, 9.17) is 0 Å². The van der Waals surface area contributed by atoms with Crippen LogP contribution in [-0.4, -0.2) is 22.6 Å². The first-order chi connectivity index (χ1) is 6.25. The molecule has 68 valence electrons. The maximum Gasteiger partial charge on any atom is 0.253 e. The summed E-state index contributed by atoms with van der Waals surface area (Å²) >= 11 is 0. The van der Waals surface area contributed by atoms with Crippen LogP contribution in [0.3, 0.4) is 0 Å². The van der Waals surface area contributed by atoms with Gasteiger partial charge in [-0.05, 0) is 13.0 Å². The number of amides is 1. The first-order valence-corrected chi connectivity index (χ1v) is 3.93. The van der Waals surface area contributed by atoms with Crippen molar-refractivity contribution in [1.82, 2.24) is 15.5 Å². The Bertz CT molecular complexity index is 322. The second-order valence-electron chi connectivity index (χ2n) is 2.53. The highest BCUT2D eigenvalue weighted by Crippen LogP contribution is 2.00. The van der Waals surface area contributed by atoms with Crippen LogP contribution in [0.15, 0.2) is 24.9 Å². The lowest BCUT2D eigenvalue weighted by Gasteiger charge is -2.02. The van der Waals surface area contributed by atoms with Crippen LogP contribution in [0.5, 0.6) is 0 Å². The Kier molecular flexibility index (Phi) is 3.14. The van der Waals surface area contributed by atoms with Crippen molar-refractivity contribution in [3.05, 3.63) is 36.2 Å². The molecule has 0 saturated carbocycles. The third-order valence-corrected chi connectivity index (χ3v) is 1.56. The van der Waals surface area contributed by atoms with E-state index < -0.39 is 0 Å². The Labute approximate surface area is 76.7 Å². The van der Waals surface area contributed by atoms with Gasteiger partial charge in [-0.25, -0.2) is 0 Å². The Morgan fingerprint density at radius 1 is 1.77 bits per heavy atom. The number of hydrogen-bond acceptors (Lipinski definition) is 3. The Morgan fingerprint density at radius 3 is 3.15 bits per heavy atom. The van der Waals surface area contributed by atoms with Gasteiger partial charge in [-0.2, -0.15) is 10.2 Å². The highest BCUT2D eigenvalue weighted by atomic mass is 16.1. The van der Waals surface area contributed by atoms with E-state index >= 15 is 0 Å². The molecule has 0 saturated heterocycles. The second kappa shape index (κ2) is 4.35. The topological polar surface area (TPSA) is 54.9 Å². The molecule has 1 amide bonds. The molecule has 0 aromatic carbocycles. The summed E-state index contributed by atoms with van der Waals surface area (Å²) in [6.45, 7) is 5.71. The van der Waals surface area contributed by atoms with E-state index in [1.165, 1.54) is 6.20 Å². The molecule has 1 N–H and O–H groups in total. The van der Waals surface area contributed by atoms with Gasteiger partial charge >= 0.3 is 0 Å². The summed E-state index contributed by atoms with van der Waals surface area (Å²) in [5.74, 6) is -0.146. The number of rotatable bonds is 3. The fourth-order valence-electron chi connectivity index (χ4n) is 0.902. The molecule has 1 aromatic heterocycles. The molecular formula is C9H11N3O.